The first-order valence-electron chi connectivity index (χ1n) is 8.24. The highest BCUT2D eigenvalue weighted by molar-refractivity contribution is 6.04. The third kappa shape index (κ3) is 2.52. The Balaban J connectivity index is 1.49. The molecule has 2 heterocycles. The lowest BCUT2D eigenvalue weighted by Crippen LogP contribution is -2.53. The number of carbonyl (C=O) groups excluding carboxylic acids is 2. The molecule has 2 atom stereocenters. The summed E-state index contributed by atoms with van der Waals surface area (Å²) >= 11 is 0. The molecule has 1 saturated heterocycles. The van der Waals surface area contributed by atoms with Crippen LogP contribution < -0.4 is 10.6 Å². The largest absolute Gasteiger partial charge is 0.364 e. The summed E-state index contributed by atoms with van der Waals surface area (Å²) in [5.74, 6) is -0.150. The highest BCUT2D eigenvalue weighted by atomic mass is 16.2. The quantitative estimate of drug-likeness (QED) is 0.912. The van der Waals surface area contributed by atoms with Crippen LogP contribution in [0.4, 0.5) is 5.69 Å². The number of carbonyl (C=O) groups is 2. The van der Waals surface area contributed by atoms with E-state index in [0.717, 1.165) is 17.7 Å². The highest BCUT2D eigenvalue weighted by Crippen LogP contribution is 2.34. The third-order valence-corrected chi connectivity index (χ3v) is 4.71. The van der Waals surface area contributed by atoms with Crippen LogP contribution >= 0.6 is 0 Å². The van der Waals surface area contributed by atoms with E-state index in [2.05, 4.69) is 10.6 Å². The molecule has 5 heteroatoms. The predicted octanol–water partition coefficient (Wildman–Crippen LogP) is 2.36. The van der Waals surface area contributed by atoms with Crippen molar-refractivity contribution in [1.82, 2.24) is 10.2 Å². The molecule has 0 saturated carbocycles. The Hall–Kier alpha value is -2.82. The second kappa shape index (κ2) is 6.00. The monoisotopic (exact) mass is 321 g/mol. The summed E-state index contributed by atoms with van der Waals surface area (Å²) in [6.07, 6.45) is 1.36. The second-order valence-electron chi connectivity index (χ2n) is 6.21. The molecule has 2 amide bonds. The number of nitrogens with one attached hydrogen (secondary N) is 2. The van der Waals surface area contributed by atoms with Crippen LogP contribution in [-0.4, -0.2) is 28.9 Å². The van der Waals surface area contributed by atoms with Gasteiger partial charge < -0.3 is 15.5 Å². The van der Waals surface area contributed by atoms with Gasteiger partial charge in [0.1, 0.15) is 12.2 Å². The number of para-hydroxylation sites is 1. The summed E-state index contributed by atoms with van der Waals surface area (Å²) in [5.41, 5.74) is 2.54. The molecule has 1 fully saturated rings. The number of hydrogen-bond acceptors (Lipinski definition) is 3. The van der Waals surface area contributed by atoms with E-state index in [1.54, 1.807) is 11.0 Å². The average molecular weight is 321 g/mol. The maximum Gasteiger partial charge on any atom is 0.258 e. The molecule has 4 rings (SSSR count). The van der Waals surface area contributed by atoms with Crippen LogP contribution in [0.15, 0.2) is 54.6 Å². The number of amides is 2. The van der Waals surface area contributed by atoms with Crippen molar-refractivity contribution in [2.24, 2.45) is 0 Å². The molecule has 0 spiro atoms. The van der Waals surface area contributed by atoms with Crippen LogP contribution in [0.3, 0.4) is 0 Å². The van der Waals surface area contributed by atoms with Gasteiger partial charge in [-0.15, -0.1) is 0 Å². The maximum absolute atomic E-state index is 12.8. The second-order valence-corrected chi connectivity index (χ2v) is 6.21. The van der Waals surface area contributed by atoms with Crippen molar-refractivity contribution in [3.63, 3.8) is 0 Å². The molecule has 2 aliphatic heterocycles. The fourth-order valence-electron chi connectivity index (χ4n) is 3.51. The minimum absolute atomic E-state index is 0.0632. The van der Waals surface area contributed by atoms with Gasteiger partial charge in [0.15, 0.2) is 0 Å². The van der Waals surface area contributed by atoms with Gasteiger partial charge in [-0.1, -0.05) is 42.5 Å². The van der Waals surface area contributed by atoms with Gasteiger partial charge in [0.2, 0.25) is 5.91 Å². The van der Waals surface area contributed by atoms with Gasteiger partial charge in [0, 0.05) is 12.2 Å². The van der Waals surface area contributed by atoms with Gasteiger partial charge in [-0.05, 0) is 30.5 Å². The molecule has 122 valence electrons. The van der Waals surface area contributed by atoms with E-state index in [-0.39, 0.29) is 18.0 Å². The number of benzene rings is 2. The molecule has 0 aromatic heterocycles. The topological polar surface area (TPSA) is 61.4 Å². The summed E-state index contributed by atoms with van der Waals surface area (Å²) in [6, 6.07) is 16.8. The first-order chi connectivity index (χ1) is 11.7. The van der Waals surface area contributed by atoms with E-state index < -0.39 is 6.04 Å². The summed E-state index contributed by atoms with van der Waals surface area (Å²) in [4.78, 5) is 27.1. The fourth-order valence-corrected chi connectivity index (χ4v) is 3.51. The molecule has 0 unspecified atom stereocenters. The zero-order valence-corrected chi connectivity index (χ0v) is 13.2. The predicted molar refractivity (Wildman–Crippen MR) is 91.3 cm³/mol. The molecule has 5 nitrogen and oxygen atoms in total. The van der Waals surface area contributed by atoms with Crippen LogP contribution in [0, 0.1) is 0 Å². The Bertz CT molecular complexity index is 775. The van der Waals surface area contributed by atoms with Gasteiger partial charge in [0.05, 0.1) is 5.56 Å². The van der Waals surface area contributed by atoms with Gasteiger partial charge in [-0.25, -0.2) is 0 Å². The molecular weight excluding hydrogens is 302 g/mol. The number of nitrogens with zero attached hydrogens (tertiary/aromatic N) is 1. The van der Waals surface area contributed by atoms with Gasteiger partial charge in [-0.3, -0.25) is 9.59 Å². The maximum atomic E-state index is 12.8. The normalized spacial score (nSPS) is 21.7. The Morgan fingerprint density at radius 3 is 2.67 bits per heavy atom. The summed E-state index contributed by atoms with van der Waals surface area (Å²) in [5, 5.41) is 6.33. The van der Waals surface area contributed by atoms with E-state index in [1.165, 1.54) is 0 Å². The molecule has 0 radical (unpaired) electrons. The zero-order valence-electron chi connectivity index (χ0n) is 13.2. The Morgan fingerprint density at radius 1 is 1.08 bits per heavy atom. The third-order valence-electron chi connectivity index (χ3n) is 4.71. The lowest BCUT2D eigenvalue weighted by molar-refractivity contribution is -0.125. The lowest BCUT2D eigenvalue weighted by atomic mass is 10.1. The first-order valence-corrected chi connectivity index (χ1v) is 8.24. The molecule has 24 heavy (non-hydrogen) atoms. The Morgan fingerprint density at radius 2 is 1.83 bits per heavy atom. The number of rotatable bonds is 3. The number of hydrogen-bond donors (Lipinski definition) is 2. The SMILES string of the molecule is O=C(NCc1ccccc1)[C@@H]1CC[C@@H]2Nc3ccccc3C(=O)N21. The number of anilines is 1. The van der Waals surface area contributed by atoms with E-state index >= 15 is 0 Å². The minimum atomic E-state index is -0.410. The average Bonchev–Trinajstić information content (AvgIpc) is 3.05. The molecule has 2 aromatic rings. The molecule has 2 aliphatic rings. The van der Waals surface area contributed by atoms with E-state index in [4.69, 9.17) is 0 Å². The van der Waals surface area contributed by atoms with Crippen LogP contribution in [0.25, 0.3) is 0 Å². The van der Waals surface area contributed by atoms with E-state index in [9.17, 15) is 9.59 Å². The number of fused-ring (bicyclic) bond motifs is 2. The van der Waals surface area contributed by atoms with Gasteiger partial charge in [-0.2, -0.15) is 0 Å². The van der Waals surface area contributed by atoms with Crippen molar-refractivity contribution in [3.05, 3.63) is 65.7 Å². The Labute approximate surface area is 140 Å². The first kappa shape index (κ1) is 14.8. The highest BCUT2D eigenvalue weighted by Gasteiger charge is 2.44. The van der Waals surface area contributed by atoms with E-state index in [0.29, 0.717) is 18.5 Å². The molecular formula is C19H19N3O2. The van der Waals surface area contributed by atoms with Gasteiger partial charge in [0.25, 0.3) is 5.91 Å². The lowest BCUT2D eigenvalue weighted by Gasteiger charge is -2.35. The van der Waals surface area contributed by atoms with Crippen LogP contribution in [-0.2, 0) is 11.3 Å². The summed E-state index contributed by atoms with van der Waals surface area (Å²) in [7, 11) is 0. The van der Waals surface area contributed by atoms with Crippen molar-refractivity contribution in [1.29, 1.82) is 0 Å². The minimum Gasteiger partial charge on any atom is -0.364 e. The zero-order chi connectivity index (χ0) is 16.5. The van der Waals surface area contributed by atoms with Crippen LogP contribution in [0.1, 0.15) is 28.8 Å². The van der Waals surface area contributed by atoms with Gasteiger partial charge >= 0.3 is 0 Å². The molecule has 2 aromatic carbocycles. The molecule has 2 N–H and O–H groups in total. The van der Waals surface area contributed by atoms with Crippen molar-refractivity contribution in [3.8, 4) is 0 Å². The smallest absolute Gasteiger partial charge is 0.258 e. The van der Waals surface area contributed by atoms with Crippen LogP contribution in [0.2, 0.25) is 0 Å². The summed E-state index contributed by atoms with van der Waals surface area (Å²) in [6.45, 7) is 0.479. The van der Waals surface area contributed by atoms with Crippen molar-refractivity contribution in [2.45, 2.75) is 31.6 Å². The molecule has 0 aliphatic carbocycles. The fraction of sp³-hybridized carbons (Fsp3) is 0.263. The molecule has 0 bridgehead atoms. The Kier molecular flexibility index (Phi) is 3.69. The van der Waals surface area contributed by atoms with Crippen LogP contribution in [0.5, 0.6) is 0 Å². The summed E-state index contributed by atoms with van der Waals surface area (Å²) < 4.78 is 0. The van der Waals surface area contributed by atoms with E-state index in [1.807, 2.05) is 48.5 Å². The van der Waals surface area contributed by atoms with Crippen molar-refractivity contribution >= 4 is 17.5 Å². The standard InChI is InChI=1S/C19H19N3O2/c23-18(20-12-13-6-2-1-3-7-13)16-10-11-17-21-15-9-5-4-8-14(15)19(24)22(16)17/h1-9,16-17,21H,10-12H2,(H,20,23)/t16-,17+/m0/s1. The van der Waals surface area contributed by atoms with Crippen molar-refractivity contribution in [2.75, 3.05) is 5.32 Å². The van der Waals surface area contributed by atoms with Crippen molar-refractivity contribution < 1.29 is 9.59 Å².